The van der Waals surface area contributed by atoms with Gasteiger partial charge in [-0.2, -0.15) is 0 Å². The lowest BCUT2D eigenvalue weighted by Crippen LogP contribution is -2.15. The molecule has 1 amide bonds. The first-order chi connectivity index (χ1) is 11.7. The van der Waals surface area contributed by atoms with Crippen molar-refractivity contribution in [3.05, 3.63) is 72.2 Å². The monoisotopic (exact) mass is 318 g/mol. The number of nitrogens with zero attached hydrogens (tertiary/aromatic N) is 2. The van der Waals surface area contributed by atoms with Crippen LogP contribution in [0.1, 0.15) is 20.7 Å². The third kappa shape index (κ3) is 3.27. The highest BCUT2D eigenvalue weighted by Gasteiger charge is 2.13. The van der Waals surface area contributed by atoms with E-state index in [0.29, 0.717) is 16.8 Å². The number of aromatic nitrogens is 2. The summed E-state index contributed by atoms with van der Waals surface area (Å²) in [7, 11) is 0. The molecule has 2 aromatic heterocycles. The average Bonchev–Trinajstić information content (AvgIpc) is 2.63. The van der Waals surface area contributed by atoms with Gasteiger partial charge in [-0.3, -0.25) is 14.6 Å². The number of anilines is 2. The molecule has 3 aromatic rings. The molecule has 0 aliphatic rings. The Morgan fingerprint density at radius 1 is 1.08 bits per heavy atom. The van der Waals surface area contributed by atoms with Gasteiger partial charge in [0.05, 0.1) is 5.56 Å². The van der Waals surface area contributed by atoms with E-state index in [4.69, 9.17) is 5.73 Å². The molecular formula is C18H14N4O2. The van der Waals surface area contributed by atoms with Gasteiger partial charge in [0.1, 0.15) is 12.1 Å². The van der Waals surface area contributed by atoms with Gasteiger partial charge in [-0.05, 0) is 29.8 Å². The number of aldehydes is 1. The van der Waals surface area contributed by atoms with Gasteiger partial charge in [-0.1, -0.05) is 18.2 Å². The van der Waals surface area contributed by atoms with Crippen LogP contribution in [-0.2, 0) is 0 Å². The highest BCUT2D eigenvalue weighted by Crippen LogP contribution is 2.23. The largest absolute Gasteiger partial charge is 0.383 e. The van der Waals surface area contributed by atoms with E-state index in [1.54, 1.807) is 55.0 Å². The molecule has 0 aliphatic heterocycles. The summed E-state index contributed by atoms with van der Waals surface area (Å²) in [5.74, 6) is -0.226. The number of amides is 1. The Morgan fingerprint density at radius 2 is 1.88 bits per heavy atom. The second kappa shape index (κ2) is 6.70. The Hall–Kier alpha value is -3.54. The molecule has 0 spiro atoms. The van der Waals surface area contributed by atoms with E-state index in [9.17, 15) is 9.59 Å². The van der Waals surface area contributed by atoms with Crippen LogP contribution in [0.15, 0.2) is 61.1 Å². The molecule has 0 saturated heterocycles. The minimum Gasteiger partial charge on any atom is -0.383 e. The number of nitrogens with one attached hydrogen (secondary N) is 1. The number of nitrogen functional groups attached to an aromatic ring is 1. The zero-order chi connectivity index (χ0) is 16.9. The van der Waals surface area contributed by atoms with Crippen LogP contribution in [0.2, 0.25) is 0 Å². The summed E-state index contributed by atoms with van der Waals surface area (Å²) in [6.07, 6.45) is 5.50. The Kier molecular flexibility index (Phi) is 4.29. The average molecular weight is 318 g/mol. The van der Waals surface area contributed by atoms with Crippen molar-refractivity contribution in [3.63, 3.8) is 0 Å². The predicted octanol–water partition coefficient (Wildman–Crippen LogP) is 2.79. The lowest BCUT2D eigenvalue weighted by atomic mass is 10.0. The van der Waals surface area contributed by atoms with Crippen molar-refractivity contribution >= 4 is 23.7 Å². The molecule has 0 unspecified atom stereocenters. The molecule has 0 bridgehead atoms. The molecule has 0 saturated carbocycles. The van der Waals surface area contributed by atoms with Gasteiger partial charge in [0.2, 0.25) is 0 Å². The fraction of sp³-hybridized carbons (Fsp3) is 0. The molecule has 0 atom stereocenters. The van der Waals surface area contributed by atoms with Gasteiger partial charge in [0, 0.05) is 35.4 Å². The number of benzene rings is 1. The molecule has 3 N–H and O–H groups in total. The normalized spacial score (nSPS) is 10.2. The molecule has 24 heavy (non-hydrogen) atoms. The van der Waals surface area contributed by atoms with E-state index >= 15 is 0 Å². The molecule has 3 rings (SSSR count). The number of rotatable bonds is 4. The molecule has 0 fully saturated rings. The SMILES string of the molecule is Nc1ncc(-c2cccc(C=O)c2)cc1C(=O)Nc1ccncc1. The summed E-state index contributed by atoms with van der Waals surface area (Å²) >= 11 is 0. The lowest BCUT2D eigenvalue weighted by Gasteiger charge is -2.09. The van der Waals surface area contributed by atoms with E-state index in [1.165, 1.54) is 0 Å². The van der Waals surface area contributed by atoms with Crippen molar-refractivity contribution in [2.24, 2.45) is 0 Å². The zero-order valence-electron chi connectivity index (χ0n) is 12.6. The van der Waals surface area contributed by atoms with Gasteiger partial charge in [-0.15, -0.1) is 0 Å². The van der Waals surface area contributed by atoms with E-state index in [2.05, 4.69) is 15.3 Å². The first-order valence-corrected chi connectivity index (χ1v) is 7.20. The smallest absolute Gasteiger partial charge is 0.259 e. The molecule has 118 valence electrons. The maximum atomic E-state index is 12.4. The van der Waals surface area contributed by atoms with Crippen molar-refractivity contribution in [2.75, 3.05) is 11.1 Å². The number of carbonyl (C=O) groups is 2. The van der Waals surface area contributed by atoms with E-state index in [0.717, 1.165) is 11.8 Å². The highest BCUT2D eigenvalue weighted by molar-refractivity contribution is 6.07. The van der Waals surface area contributed by atoms with Gasteiger partial charge in [0.15, 0.2) is 0 Å². The Labute approximate surface area is 138 Å². The molecule has 6 nitrogen and oxygen atoms in total. The summed E-state index contributed by atoms with van der Waals surface area (Å²) in [6, 6.07) is 12.1. The van der Waals surface area contributed by atoms with Gasteiger partial charge >= 0.3 is 0 Å². The fourth-order valence-electron chi connectivity index (χ4n) is 2.24. The number of pyridine rings is 2. The summed E-state index contributed by atoms with van der Waals surface area (Å²) in [5, 5.41) is 2.75. The van der Waals surface area contributed by atoms with Crippen molar-refractivity contribution in [3.8, 4) is 11.1 Å². The third-order valence-electron chi connectivity index (χ3n) is 3.46. The maximum Gasteiger partial charge on any atom is 0.259 e. The van der Waals surface area contributed by atoms with Gasteiger partial charge in [0.25, 0.3) is 5.91 Å². The van der Waals surface area contributed by atoms with Crippen LogP contribution in [0.5, 0.6) is 0 Å². The third-order valence-corrected chi connectivity index (χ3v) is 3.46. The van der Waals surface area contributed by atoms with E-state index < -0.39 is 0 Å². The predicted molar refractivity (Wildman–Crippen MR) is 91.7 cm³/mol. The van der Waals surface area contributed by atoms with Crippen LogP contribution in [0.25, 0.3) is 11.1 Å². The van der Waals surface area contributed by atoms with Gasteiger partial charge in [-0.25, -0.2) is 4.98 Å². The van der Waals surface area contributed by atoms with E-state index in [1.807, 2.05) is 6.07 Å². The second-order valence-corrected chi connectivity index (χ2v) is 5.09. The minimum absolute atomic E-state index is 0.136. The maximum absolute atomic E-state index is 12.4. The molecule has 0 aliphatic carbocycles. The zero-order valence-corrected chi connectivity index (χ0v) is 12.6. The van der Waals surface area contributed by atoms with Gasteiger partial charge < -0.3 is 11.1 Å². The summed E-state index contributed by atoms with van der Waals surface area (Å²) in [6.45, 7) is 0. The van der Waals surface area contributed by atoms with Crippen LogP contribution in [-0.4, -0.2) is 22.2 Å². The van der Waals surface area contributed by atoms with Crippen LogP contribution < -0.4 is 11.1 Å². The summed E-state index contributed by atoms with van der Waals surface area (Å²) in [5.41, 5.74) is 8.75. The van der Waals surface area contributed by atoms with Crippen LogP contribution >= 0.6 is 0 Å². The Morgan fingerprint density at radius 3 is 2.62 bits per heavy atom. The summed E-state index contributed by atoms with van der Waals surface area (Å²) in [4.78, 5) is 31.3. The molecular weight excluding hydrogens is 304 g/mol. The first-order valence-electron chi connectivity index (χ1n) is 7.20. The summed E-state index contributed by atoms with van der Waals surface area (Å²) < 4.78 is 0. The van der Waals surface area contributed by atoms with Crippen LogP contribution in [0.3, 0.4) is 0 Å². The second-order valence-electron chi connectivity index (χ2n) is 5.09. The highest BCUT2D eigenvalue weighted by atomic mass is 16.1. The molecule has 0 radical (unpaired) electrons. The number of carbonyl (C=O) groups excluding carboxylic acids is 2. The minimum atomic E-state index is -0.361. The van der Waals surface area contributed by atoms with Crippen molar-refractivity contribution < 1.29 is 9.59 Å². The van der Waals surface area contributed by atoms with Crippen molar-refractivity contribution in [1.82, 2.24) is 9.97 Å². The number of nitrogens with two attached hydrogens (primary N) is 1. The standard InChI is InChI=1S/C18H14N4O2/c19-17-16(18(24)22-15-4-6-20-7-5-15)9-14(10-21-17)13-3-1-2-12(8-13)11-23/h1-11H,(H2,19,21)(H,20,22,24). The molecule has 1 aromatic carbocycles. The number of hydrogen-bond donors (Lipinski definition) is 2. The lowest BCUT2D eigenvalue weighted by molar-refractivity contribution is 0.102. The Bertz CT molecular complexity index is 895. The quantitative estimate of drug-likeness (QED) is 0.721. The van der Waals surface area contributed by atoms with Crippen molar-refractivity contribution in [2.45, 2.75) is 0 Å². The van der Waals surface area contributed by atoms with E-state index in [-0.39, 0.29) is 17.3 Å². The number of hydrogen-bond acceptors (Lipinski definition) is 5. The van der Waals surface area contributed by atoms with Crippen LogP contribution in [0.4, 0.5) is 11.5 Å². The molecule has 6 heteroatoms. The molecule has 2 heterocycles. The Balaban J connectivity index is 1.94. The van der Waals surface area contributed by atoms with Crippen LogP contribution in [0, 0.1) is 0 Å². The topological polar surface area (TPSA) is 98.0 Å². The first kappa shape index (κ1) is 15.4. The fourth-order valence-corrected chi connectivity index (χ4v) is 2.24. The van der Waals surface area contributed by atoms with Crippen molar-refractivity contribution in [1.29, 1.82) is 0 Å².